The Labute approximate surface area is 112 Å². The Bertz CT molecular complexity index is 356. The second kappa shape index (κ2) is 8.74. The second-order valence-corrected chi connectivity index (χ2v) is 4.85. The van der Waals surface area contributed by atoms with E-state index in [1.165, 1.54) is 12.2 Å². The first-order valence-electron chi connectivity index (χ1n) is 6.06. The molecule has 0 aliphatic rings. The summed E-state index contributed by atoms with van der Waals surface area (Å²) in [5, 5.41) is 13.4. The number of unbranched alkanes of at least 4 members (excludes halogenated alkanes) is 2. The van der Waals surface area contributed by atoms with Gasteiger partial charge in [0.2, 0.25) is 0 Å². The van der Waals surface area contributed by atoms with Gasteiger partial charge in [-0.05, 0) is 37.0 Å². The van der Waals surface area contributed by atoms with Gasteiger partial charge >= 0.3 is 0 Å². The number of thioether (sulfide) groups is 1. The Morgan fingerprint density at radius 2 is 2.11 bits per heavy atom. The molecule has 0 radical (unpaired) electrons. The average molecular weight is 268 g/mol. The second-order valence-electron chi connectivity index (χ2n) is 3.86. The summed E-state index contributed by atoms with van der Waals surface area (Å²) < 4.78 is 0. The van der Waals surface area contributed by atoms with Crippen LogP contribution in [0.2, 0.25) is 0 Å². The zero-order chi connectivity index (χ0) is 13.2. The molecular weight excluding hydrogens is 248 g/mol. The van der Waals surface area contributed by atoms with E-state index < -0.39 is 0 Å². The summed E-state index contributed by atoms with van der Waals surface area (Å²) in [6.07, 6.45) is 5.46. The number of aromatic nitrogens is 2. The SMILES string of the molecule is CNc1ccc(C(=O)NCCCCCSC)nn1. The maximum atomic E-state index is 11.7. The molecule has 0 aromatic carbocycles. The van der Waals surface area contributed by atoms with E-state index in [9.17, 15) is 4.79 Å². The van der Waals surface area contributed by atoms with Crippen LogP contribution >= 0.6 is 11.8 Å². The molecule has 5 nitrogen and oxygen atoms in total. The molecule has 0 atom stereocenters. The maximum absolute atomic E-state index is 11.7. The minimum Gasteiger partial charge on any atom is -0.372 e. The molecule has 0 fully saturated rings. The summed E-state index contributed by atoms with van der Waals surface area (Å²) in [4.78, 5) is 11.7. The van der Waals surface area contributed by atoms with E-state index in [1.54, 1.807) is 19.2 Å². The predicted octanol–water partition coefficient (Wildman–Crippen LogP) is 1.78. The number of rotatable bonds is 8. The molecule has 0 spiro atoms. The van der Waals surface area contributed by atoms with Gasteiger partial charge in [0, 0.05) is 13.6 Å². The summed E-state index contributed by atoms with van der Waals surface area (Å²) in [5.74, 6) is 1.68. The average Bonchev–Trinajstić information content (AvgIpc) is 2.42. The maximum Gasteiger partial charge on any atom is 0.271 e. The first kappa shape index (κ1) is 14.8. The van der Waals surface area contributed by atoms with Crippen LogP contribution in [0.5, 0.6) is 0 Å². The molecule has 0 bridgehead atoms. The molecule has 0 unspecified atom stereocenters. The van der Waals surface area contributed by atoms with Crippen LogP contribution < -0.4 is 10.6 Å². The Balaban J connectivity index is 2.23. The summed E-state index contributed by atoms with van der Waals surface area (Å²) in [6.45, 7) is 0.697. The van der Waals surface area contributed by atoms with Crippen molar-refractivity contribution >= 4 is 23.5 Å². The molecule has 18 heavy (non-hydrogen) atoms. The van der Waals surface area contributed by atoms with Crippen LogP contribution in [0, 0.1) is 0 Å². The predicted molar refractivity (Wildman–Crippen MR) is 76.1 cm³/mol. The fraction of sp³-hybridized carbons (Fsp3) is 0.583. The van der Waals surface area contributed by atoms with Crippen LogP contribution in [0.4, 0.5) is 5.82 Å². The number of hydrogen-bond donors (Lipinski definition) is 2. The van der Waals surface area contributed by atoms with Gasteiger partial charge in [0.05, 0.1) is 0 Å². The van der Waals surface area contributed by atoms with E-state index in [0.717, 1.165) is 12.8 Å². The van der Waals surface area contributed by atoms with E-state index in [-0.39, 0.29) is 5.91 Å². The molecule has 1 heterocycles. The molecule has 0 saturated carbocycles. The first-order chi connectivity index (χ1) is 8.77. The van der Waals surface area contributed by atoms with Crippen LogP contribution in [-0.2, 0) is 0 Å². The number of hydrogen-bond acceptors (Lipinski definition) is 5. The highest BCUT2D eigenvalue weighted by atomic mass is 32.2. The third kappa shape index (κ3) is 5.35. The van der Waals surface area contributed by atoms with Crippen molar-refractivity contribution in [2.24, 2.45) is 0 Å². The summed E-state index contributed by atoms with van der Waals surface area (Å²) in [7, 11) is 1.76. The quantitative estimate of drug-likeness (QED) is 0.704. The molecule has 1 rings (SSSR count). The van der Waals surface area contributed by atoms with Crippen molar-refractivity contribution in [2.45, 2.75) is 19.3 Å². The van der Waals surface area contributed by atoms with Crippen molar-refractivity contribution in [2.75, 3.05) is 30.9 Å². The molecule has 2 N–H and O–H groups in total. The van der Waals surface area contributed by atoms with E-state index in [2.05, 4.69) is 27.1 Å². The highest BCUT2D eigenvalue weighted by Crippen LogP contribution is 2.02. The first-order valence-corrected chi connectivity index (χ1v) is 7.46. The lowest BCUT2D eigenvalue weighted by Gasteiger charge is -2.04. The van der Waals surface area contributed by atoms with Crippen LogP contribution in [0.3, 0.4) is 0 Å². The van der Waals surface area contributed by atoms with Crippen molar-refractivity contribution < 1.29 is 4.79 Å². The van der Waals surface area contributed by atoms with Gasteiger partial charge < -0.3 is 10.6 Å². The summed E-state index contributed by atoms with van der Waals surface area (Å²) in [5.41, 5.74) is 0.359. The smallest absolute Gasteiger partial charge is 0.271 e. The standard InChI is InChI=1S/C12H20N4OS/c1-13-11-7-6-10(15-16-11)12(17)14-8-4-3-5-9-18-2/h6-7H,3-5,8-9H2,1-2H3,(H,13,16)(H,14,17). The van der Waals surface area contributed by atoms with Gasteiger partial charge in [-0.1, -0.05) is 6.42 Å². The third-order valence-corrected chi connectivity index (χ3v) is 3.16. The molecule has 1 amide bonds. The lowest BCUT2D eigenvalue weighted by Crippen LogP contribution is -2.25. The molecule has 100 valence electrons. The zero-order valence-corrected chi connectivity index (χ0v) is 11.7. The van der Waals surface area contributed by atoms with Crippen molar-refractivity contribution in [3.8, 4) is 0 Å². The van der Waals surface area contributed by atoms with Gasteiger partial charge in [-0.2, -0.15) is 11.8 Å². The van der Waals surface area contributed by atoms with E-state index in [4.69, 9.17) is 0 Å². The number of carbonyl (C=O) groups excluding carboxylic acids is 1. The van der Waals surface area contributed by atoms with Gasteiger partial charge in [0.25, 0.3) is 5.91 Å². The Kier molecular flexibility index (Phi) is 7.17. The Hall–Kier alpha value is -1.30. The normalized spacial score (nSPS) is 10.1. The lowest BCUT2D eigenvalue weighted by molar-refractivity contribution is 0.0947. The van der Waals surface area contributed by atoms with Gasteiger partial charge in [-0.3, -0.25) is 4.79 Å². The van der Waals surface area contributed by atoms with Crippen molar-refractivity contribution in [3.63, 3.8) is 0 Å². The van der Waals surface area contributed by atoms with Crippen LogP contribution in [0.25, 0.3) is 0 Å². The number of nitrogens with zero attached hydrogens (tertiary/aromatic N) is 2. The van der Waals surface area contributed by atoms with Gasteiger partial charge in [-0.25, -0.2) is 0 Å². The fourth-order valence-electron chi connectivity index (χ4n) is 1.43. The number of anilines is 1. The highest BCUT2D eigenvalue weighted by Gasteiger charge is 2.06. The topological polar surface area (TPSA) is 66.9 Å². The minimum atomic E-state index is -0.157. The van der Waals surface area contributed by atoms with E-state index in [1.807, 2.05) is 11.8 Å². The molecule has 6 heteroatoms. The van der Waals surface area contributed by atoms with Gasteiger partial charge in [-0.15, -0.1) is 10.2 Å². The molecular formula is C12H20N4OS. The Morgan fingerprint density at radius 1 is 1.28 bits per heavy atom. The lowest BCUT2D eigenvalue weighted by atomic mass is 10.2. The van der Waals surface area contributed by atoms with Crippen LogP contribution in [0.15, 0.2) is 12.1 Å². The highest BCUT2D eigenvalue weighted by molar-refractivity contribution is 7.98. The number of nitrogens with one attached hydrogen (secondary N) is 2. The zero-order valence-electron chi connectivity index (χ0n) is 10.9. The number of carbonyl (C=O) groups is 1. The summed E-state index contributed by atoms with van der Waals surface area (Å²) >= 11 is 1.85. The van der Waals surface area contributed by atoms with Crippen molar-refractivity contribution in [1.82, 2.24) is 15.5 Å². The third-order valence-electron chi connectivity index (χ3n) is 2.46. The number of amides is 1. The van der Waals surface area contributed by atoms with Gasteiger partial charge in [0.1, 0.15) is 5.82 Å². The fourth-order valence-corrected chi connectivity index (χ4v) is 1.92. The van der Waals surface area contributed by atoms with Crippen molar-refractivity contribution in [3.05, 3.63) is 17.8 Å². The van der Waals surface area contributed by atoms with E-state index >= 15 is 0 Å². The molecule has 0 saturated heterocycles. The Morgan fingerprint density at radius 3 is 2.72 bits per heavy atom. The minimum absolute atomic E-state index is 0.157. The largest absolute Gasteiger partial charge is 0.372 e. The molecule has 1 aromatic heterocycles. The summed E-state index contributed by atoms with van der Waals surface area (Å²) in [6, 6.07) is 3.41. The van der Waals surface area contributed by atoms with Crippen molar-refractivity contribution in [1.29, 1.82) is 0 Å². The monoisotopic (exact) mass is 268 g/mol. The molecule has 0 aliphatic carbocycles. The van der Waals surface area contributed by atoms with Gasteiger partial charge in [0.15, 0.2) is 5.69 Å². The molecule has 1 aromatic rings. The molecule has 0 aliphatic heterocycles. The van der Waals surface area contributed by atoms with E-state index in [0.29, 0.717) is 18.1 Å². The van der Waals surface area contributed by atoms with Crippen LogP contribution in [0.1, 0.15) is 29.8 Å². The van der Waals surface area contributed by atoms with Crippen LogP contribution in [-0.4, -0.2) is 41.7 Å².